The van der Waals surface area contributed by atoms with Gasteiger partial charge in [-0.1, -0.05) is 18.9 Å². The van der Waals surface area contributed by atoms with Crippen LogP contribution in [0.25, 0.3) is 0 Å². The van der Waals surface area contributed by atoms with Crippen LogP contribution in [0.2, 0.25) is 0 Å². The molecule has 148 valence electrons. The lowest BCUT2D eigenvalue weighted by Gasteiger charge is -2.26. The molecule has 1 aromatic rings. The molecule has 0 aromatic carbocycles. The third kappa shape index (κ3) is 5.84. The molecule has 0 radical (unpaired) electrons. The Morgan fingerprint density at radius 2 is 1.78 bits per heavy atom. The van der Waals surface area contributed by atoms with E-state index < -0.39 is 5.97 Å². The molecular weight excluding hydrogens is 344 g/mol. The standard InChI is InChI=1S/C20H30N4O3/c25-19(26)16-6-8-17(9-7-16)23-20(27)22-14-15-5-10-18(21-13-15)24-11-3-1-2-4-12-24/h5,10,13,16-17H,1-4,6-9,11-12,14H2,(H,25,26)(H2,22,23,27). The van der Waals surface area contributed by atoms with Crippen molar-refractivity contribution < 1.29 is 14.7 Å². The van der Waals surface area contributed by atoms with Crippen molar-refractivity contribution in [2.75, 3.05) is 18.0 Å². The first-order valence-corrected chi connectivity index (χ1v) is 10.1. The second-order valence-corrected chi connectivity index (χ2v) is 7.64. The third-order valence-electron chi connectivity index (χ3n) is 5.60. The number of carboxylic acid groups (broad SMARTS) is 1. The summed E-state index contributed by atoms with van der Waals surface area (Å²) in [5, 5.41) is 14.8. The molecule has 2 heterocycles. The molecule has 1 aliphatic heterocycles. The molecule has 2 aliphatic rings. The second kappa shape index (κ2) is 9.58. The van der Waals surface area contributed by atoms with Gasteiger partial charge in [0.15, 0.2) is 0 Å². The summed E-state index contributed by atoms with van der Waals surface area (Å²) in [6.07, 6.45) is 9.56. The maximum Gasteiger partial charge on any atom is 0.315 e. The number of nitrogens with zero attached hydrogens (tertiary/aromatic N) is 2. The number of rotatable bonds is 5. The van der Waals surface area contributed by atoms with E-state index >= 15 is 0 Å². The van der Waals surface area contributed by atoms with E-state index in [0.29, 0.717) is 19.4 Å². The number of hydrogen-bond acceptors (Lipinski definition) is 4. The fourth-order valence-corrected chi connectivity index (χ4v) is 3.91. The SMILES string of the molecule is O=C(NCc1ccc(N2CCCCCC2)nc1)NC1CCC(C(=O)O)CC1. The van der Waals surface area contributed by atoms with Gasteiger partial charge in [0.1, 0.15) is 5.82 Å². The Balaban J connectivity index is 1.40. The highest BCUT2D eigenvalue weighted by Crippen LogP contribution is 2.24. The number of aromatic nitrogens is 1. The molecule has 27 heavy (non-hydrogen) atoms. The van der Waals surface area contributed by atoms with Crippen molar-refractivity contribution >= 4 is 17.8 Å². The smallest absolute Gasteiger partial charge is 0.315 e. The number of carbonyl (C=O) groups excluding carboxylic acids is 1. The van der Waals surface area contributed by atoms with Crippen LogP contribution in [0.1, 0.15) is 56.9 Å². The van der Waals surface area contributed by atoms with Crippen LogP contribution in [-0.2, 0) is 11.3 Å². The molecular formula is C20H30N4O3. The van der Waals surface area contributed by atoms with E-state index in [2.05, 4.69) is 20.5 Å². The number of anilines is 1. The summed E-state index contributed by atoms with van der Waals surface area (Å²) < 4.78 is 0. The van der Waals surface area contributed by atoms with Gasteiger partial charge in [-0.15, -0.1) is 0 Å². The third-order valence-corrected chi connectivity index (χ3v) is 5.60. The van der Waals surface area contributed by atoms with E-state index in [-0.39, 0.29) is 18.0 Å². The summed E-state index contributed by atoms with van der Waals surface area (Å²) in [5.74, 6) is 0.0224. The zero-order valence-electron chi connectivity index (χ0n) is 15.8. The molecule has 1 saturated carbocycles. The van der Waals surface area contributed by atoms with Crippen LogP contribution in [-0.4, -0.2) is 41.2 Å². The van der Waals surface area contributed by atoms with Crippen LogP contribution in [0.4, 0.5) is 10.6 Å². The first-order valence-electron chi connectivity index (χ1n) is 10.1. The van der Waals surface area contributed by atoms with Crippen LogP contribution in [0, 0.1) is 5.92 Å². The highest BCUT2D eigenvalue weighted by molar-refractivity contribution is 5.74. The van der Waals surface area contributed by atoms with E-state index in [9.17, 15) is 9.59 Å². The number of carboxylic acids is 1. The normalized spacial score (nSPS) is 23.3. The Kier molecular flexibility index (Phi) is 6.90. The molecule has 1 saturated heterocycles. The molecule has 0 atom stereocenters. The summed E-state index contributed by atoms with van der Waals surface area (Å²) >= 11 is 0. The van der Waals surface area contributed by atoms with Gasteiger partial charge in [-0.25, -0.2) is 9.78 Å². The Labute approximate surface area is 160 Å². The van der Waals surface area contributed by atoms with Crippen molar-refractivity contribution in [3.05, 3.63) is 23.9 Å². The van der Waals surface area contributed by atoms with E-state index in [1.54, 1.807) is 0 Å². The largest absolute Gasteiger partial charge is 0.481 e. The number of hydrogen-bond donors (Lipinski definition) is 3. The maximum absolute atomic E-state index is 12.1. The predicted octanol–water partition coefficient (Wildman–Crippen LogP) is 2.90. The fourth-order valence-electron chi connectivity index (χ4n) is 3.91. The Morgan fingerprint density at radius 3 is 2.37 bits per heavy atom. The lowest BCUT2D eigenvalue weighted by molar-refractivity contribution is -0.142. The molecule has 7 nitrogen and oxygen atoms in total. The van der Waals surface area contributed by atoms with Crippen molar-refractivity contribution in [3.8, 4) is 0 Å². The first kappa shape index (κ1) is 19.5. The summed E-state index contributed by atoms with van der Waals surface area (Å²) in [7, 11) is 0. The molecule has 3 N–H and O–H groups in total. The second-order valence-electron chi connectivity index (χ2n) is 7.64. The number of carbonyl (C=O) groups is 2. The highest BCUT2D eigenvalue weighted by Gasteiger charge is 2.26. The zero-order valence-corrected chi connectivity index (χ0v) is 15.8. The zero-order chi connectivity index (χ0) is 19.1. The molecule has 0 unspecified atom stereocenters. The monoisotopic (exact) mass is 374 g/mol. The van der Waals surface area contributed by atoms with Gasteiger partial charge in [-0.3, -0.25) is 4.79 Å². The number of aliphatic carboxylic acids is 1. The van der Waals surface area contributed by atoms with Crippen molar-refractivity contribution in [2.45, 2.75) is 64.0 Å². The average Bonchev–Trinajstić information content (AvgIpc) is 2.97. The van der Waals surface area contributed by atoms with Gasteiger partial charge in [0.05, 0.1) is 5.92 Å². The van der Waals surface area contributed by atoms with Gasteiger partial charge in [-0.2, -0.15) is 0 Å². The Morgan fingerprint density at radius 1 is 1.07 bits per heavy atom. The number of amides is 2. The molecule has 1 aromatic heterocycles. The summed E-state index contributed by atoms with van der Waals surface area (Å²) in [4.78, 5) is 30.0. The minimum Gasteiger partial charge on any atom is -0.481 e. The Bertz CT molecular complexity index is 619. The van der Waals surface area contributed by atoms with Crippen LogP contribution < -0.4 is 15.5 Å². The molecule has 0 bridgehead atoms. The minimum atomic E-state index is -0.728. The first-order chi connectivity index (χ1) is 13.1. The van der Waals surface area contributed by atoms with Crippen LogP contribution in [0.3, 0.4) is 0 Å². The maximum atomic E-state index is 12.1. The minimum absolute atomic E-state index is 0.0594. The predicted molar refractivity (Wildman–Crippen MR) is 104 cm³/mol. The van der Waals surface area contributed by atoms with Crippen molar-refractivity contribution in [1.29, 1.82) is 0 Å². The van der Waals surface area contributed by atoms with Gasteiger partial charge in [0.25, 0.3) is 0 Å². The quantitative estimate of drug-likeness (QED) is 0.737. The molecule has 2 fully saturated rings. The number of pyridine rings is 1. The van der Waals surface area contributed by atoms with Crippen molar-refractivity contribution in [3.63, 3.8) is 0 Å². The highest BCUT2D eigenvalue weighted by atomic mass is 16.4. The average molecular weight is 374 g/mol. The lowest BCUT2D eigenvalue weighted by Crippen LogP contribution is -2.43. The topological polar surface area (TPSA) is 94.6 Å². The lowest BCUT2D eigenvalue weighted by atomic mass is 9.86. The molecule has 2 amide bonds. The van der Waals surface area contributed by atoms with Gasteiger partial charge in [0.2, 0.25) is 0 Å². The summed E-state index contributed by atoms with van der Waals surface area (Å²) in [5.41, 5.74) is 0.971. The van der Waals surface area contributed by atoms with Crippen molar-refractivity contribution in [1.82, 2.24) is 15.6 Å². The van der Waals surface area contributed by atoms with Crippen LogP contribution in [0.15, 0.2) is 18.3 Å². The summed E-state index contributed by atoms with van der Waals surface area (Å²) in [6.45, 7) is 2.57. The van der Waals surface area contributed by atoms with Gasteiger partial charge in [0, 0.05) is 31.9 Å². The Hall–Kier alpha value is -2.31. The van der Waals surface area contributed by atoms with Crippen LogP contribution >= 0.6 is 0 Å². The van der Waals surface area contributed by atoms with Crippen molar-refractivity contribution in [2.24, 2.45) is 5.92 Å². The number of nitrogens with one attached hydrogen (secondary N) is 2. The molecule has 0 spiro atoms. The van der Waals surface area contributed by atoms with E-state index in [0.717, 1.165) is 37.3 Å². The van der Waals surface area contributed by atoms with E-state index in [1.807, 2.05) is 18.3 Å². The summed E-state index contributed by atoms with van der Waals surface area (Å²) in [6, 6.07) is 3.91. The molecule has 3 rings (SSSR count). The van der Waals surface area contributed by atoms with E-state index in [4.69, 9.17) is 5.11 Å². The fraction of sp³-hybridized carbons (Fsp3) is 0.650. The molecule has 1 aliphatic carbocycles. The van der Waals surface area contributed by atoms with Gasteiger partial charge in [-0.05, 0) is 50.2 Å². The molecule has 7 heteroatoms. The van der Waals surface area contributed by atoms with Gasteiger partial charge >= 0.3 is 12.0 Å². The van der Waals surface area contributed by atoms with Crippen LogP contribution in [0.5, 0.6) is 0 Å². The van der Waals surface area contributed by atoms with E-state index in [1.165, 1.54) is 25.7 Å². The number of urea groups is 1. The van der Waals surface area contributed by atoms with Gasteiger partial charge < -0.3 is 20.6 Å².